The first-order chi connectivity index (χ1) is 17.4. The zero-order valence-corrected chi connectivity index (χ0v) is 27.5. The molecule has 37 heavy (non-hydrogen) atoms. The van der Waals surface area contributed by atoms with Crippen molar-refractivity contribution in [1.29, 1.82) is 0 Å². The third-order valence-corrected chi connectivity index (χ3v) is 7.83. The first kappa shape index (κ1) is 39.5. The lowest BCUT2D eigenvalue weighted by Gasteiger charge is -2.43. The minimum atomic E-state index is -1.01. The molecule has 0 aromatic rings. The van der Waals surface area contributed by atoms with Gasteiger partial charge in [0.15, 0.2) is 0 Å². The summed E-state index contributed by atoms with van der Waals surface area (Å²) in [5, 5.41) is 0. The highest BCUT2D eigenvalue weighted by Crippen LogP contribution is 2.36. The number of hydrogen-bond acceptors (Lipinski definition) is 4. The highest BCUT2D eigenvalue weighted by molar-refractivity contribution is 8.93. The van der Waals surface area contributed by atoms with Crippen molar-refractivity contribution in [2.45, 2.75) is 181 Å². The second kappa shape index (κ2) is 27.9. The molecule has 0 atom stereocenters. The molecule has 0 radical (unpaired) electrons. The van der Waals surface area contributed by atoms with E-state index in [0.717, 1.165) is 38.6 Å². The molecule has 0 spiro atoms. The molecular weight excluding hydrogens is 524 g/mol. The van der Waals surface area contributed by atoms with Gasteiger partial charge in [0.2, 0.25) is 5.91 Å². The van der Waals surface area contributed by atoms with E-state index in [2.05, 4.69) is 27.7 Å². The zero-order chi connectivity index (χ0) is 26.8. The van der Waals surface area contributed by atoms with E-state index in [4.69, 9.17) is 20.9 Å². The molecule has 0 unspecified atom stereocenters. The predicted molar refractivity (Wildman–Crippen MR) is 170 cm³/mol. The molecule has 0 aliphatic heterocycles. The van der Waals surface area contributed by atoms with Crippen molar-refractivity contribution in [1.82, 2.24) is 0 Å². The summed E-state index contributed by atoms with van der Waals surface area (Å²) in [6, 6.07) is 0. The largest absolute Gasteiger partial charge is 0.337 e. The van der Waals surface area contributed by atoms with E-state index < -0.39 is 5.91 Å². The molecule has 0 heterocycles. The molecule has 0 bridgehead atoms. The Morgan fingerprint density at radius 3 is 1.14 bits per heavy atom. The first-order valence-corrected chi connectivity index (χ1v) is 16.2. The summed E-state index contributed by atoms with van der Waals surface area (Å²) >= 11 is 0. The van der Waals surface area contributed by atoms with Gasteiger partial charge in [-0.2, -0.15) is 0 Å². The Kier molecular flexibility index (Phi) is 29.7. The summed E-state index contributed by atoms with van der Waals surface area (Å²) in [5.74, 6) is -1.01. The Morgan fingerprint density at radius 1 is 0.486 bits per heavy atom. The topological polar surface area (TPSA) is 70.5 Å². The minimum Gasteiger partial charge on any atom is -0.337 e. The van der Waals surface area contributed by atoms with Crippen LogP contribution in [-0.4, -0.2) is 25.7 Å². The number of rotatable bonds is 29. The summed E-state index contributed by atoms with van der Waals surface area (Å²) < 4.78 is 12.6. The van der Waals surface area contributed by atoms with Crippen molar-refractivity contribution in [2.75, 3.05) is 19.8 Å². The smallest absolute Gasteiger partial charge is 0.230 e. The molecule has 0 aromatic carbocycles. The lowest BCUT2D eigenvalue weighted by molar-refractivity contribution is -0.292. The second-order valence-corrected chi connectivity index (χ2v) is 11.9. The van der Waals surface area contributed by atoms with Crippen LogP contribution in [0.3, 0.4) is 0 Å². The normalized spacial score (nSPS) is 12.2. The summed E-state index contributed by atoms with van der Waals surface area (Å²) in [4.78, 5) is 0. The van der Waals surface area contributed by atoms with Gasteiger partial charge in [0.1, 0.15) is 0 Å². The molecular formula is C32H69BrN2O2. The Balaban J connectivity index is 0. The fourth-order valence-corrected chi connectivity index (χ4v) is 4.94. The molecule has 226 valence electrons. The number of unbranched alkanes of at least 4 members (excludes halogenated alkanes) is 19. The van der Waals surface area contributed by atoms with E-state index in [0.29, 0.717) is 13.2 Å². The van der Waals surface area contributed by atoms with Crippen LogP contribution in [0.1, 0.15) is 175 Å². The van der Waals surface area contributed by atoms with Crippen molar-refractivity contribution in [3.63, 3.8) is 0 Å². The second-order valence-electron chi connectivity index (χ2n) is 11.9. The molecule has 0 aromatic heterocycles. The van der Waals surface area contributed by atoms with E-state index in [9.17, 15) is 0 Å². The van der Waals surface area contributed by atoms with Crippen molar-refractivity contribution in [2.24, 2.45) is 16.9 Å². The molecule has 0 saturated carbocycles. The van der Waals surface area contributed by atoms with E-state index in [1.54, 1.807) is 0 Å². The van der Waals surface area contributed by atoms with Crippen molar-refractivity contribution < 1.29 is 9.47 Å². The van der Waals surface area contributed by atoms with Crippen LogP contribution < -0.4 is 11.5 Å². The van der Waals surface area contributed by atoms with Gasteiger partial charge in [-0.15, -0.1) is 17.0 Å². The maximum atomic E-state index is 6.82. The van der Waals surface area contributed by atoms with Crippen LogP contribution in [0.5, 0.6) is 0 Å². The van der Waals surface area contributed by atoms with Gasteiger partial charge in [-0.3, -0.25) is 5.73 Å². The van der Waals surface area contributed by atoms with E-state index in [1.807, 2.05) is 0 Å². The first-order valence-electron chi connectivity index (χ1n) is 16.2. The van der Waals surface area contributed by atoms with Gasteiger partial charge >= 0.3 is 0 Å². The van der Waals surface area contributed by atoms with Crippen LogP contribution in [0, 0.1) is 5.41 Å². The van der Waals surface area contributed by atoms with Gasteiger partial charge in [0, 0.05) is 5.41 Å². The molecule has 4 N–H and O–H groups in total. The molecule has 0 aliphatic carbocycles. The zero-order valence-electron chi connectivity index (χ0n) is 25.8. The monoisotopic (exact) mass is 592 g/mol. The van der Waals surface area contributed by atoms with Crippen LogP contribution in [0.25, 0.3) is 0 Å². The van der Waals surface area contributed by atoms with Gasteiger partial charge in [0.25, 0.3) is 0 Å². The molecule has 4 nitrogen and oxygen atoms in total. The third-order valence-electron chi connectivity index (χ3n) is 7.83. The number of hydrogen-bond donors (Lipinski definition) is 2. The summed E-state index contributed by atoms with van der Waals surface area (Å²) in [6.45, 7) is 11.1. The standard InChI is InChI=1S/C32H68N2O2.BrH/c1-5-7-9-11-13-15-17-19-21-25-29-35-32(34,31(3,4)27-23-24-28-33)36-30-26-22-20-18-16-14-12-10-8-6-2;/h5-30,33-34H2,1-4H3;1H. The number of ether oxygens (including phenoxy) is 2. The molecule has 0 saturated heterocycles. The van der Waals surface area contributed by atoms with Gasteiger partial charge in [-0.05, 0) is 32.2 Å². The minimum absolute atomic E-state index is 0. The Hall–Kier alpha value is 0.320. The quantitative estimate of drug-likeness (QED) is 0.0669. The number of nitrogens with two attached hydrogens (primary N) is 2. The van der Waals surface area contributed by atoms with E-state index in [1.165, 1.54) is 116 Å². The third kappa shape index (κ3) is 22.8. The van der Waals surface area contributed by atoms with Crippen LogP contribution in [-0.2, 0) is 9.47 Å². The van der Waals surface area contributed by atoms with E-state index >= 15 is 0 Å². The average Bonchev–Trinajstić information content (AvgIpc) is 2.86. The average molecular weight is 594 g/mol. The van der Waals surface area contributed by atoms with Crippen molar-refractivity contribution in [3.05, 3.63) is 0 Å². The molecule has 0 fully saturated rings. The van der Waals surface area contributed by atoms with Gasteiger partial charge in [0.05, 0.1) is 13.2 Å². The van der Waals surface area contributed by atoms with E-state index in [-0.39, 0.29) is 22.4 Å². The Bertz CT molecular complexity index is 423. The Labute approximate surface area is 243 Å². The SMILES string of the molecule is Br.CCCCCCCCCCCCOC(N)(OCCCCCCCCCCCC)C(C)(C)CCCCN. The molecule has 0 rings (SSSR count). The molecule has 0 aliphatic rings. The summed E-state index contributed by atoms with van der Waals surface area (Å²) in [7, 11) is 0. The van der Waals surface area contributed by atoms with Crippen molar-refractivity contribution in [3.8, 4) is 0 Å². The molecule has 0 amide bonds. The fraction of sp³-hybridized carbons (Fsp3) is 1.00. The number of halogens is 1. The molecule has 5 heteroatoms. The van der Waals surface area contributed by atoms with Crippen LogP contribution >= 0.6 is 17.0 Å². The van der Waals surface area contributed by atoms with Gasteiger partial charge < -0.3 is 15.2 Å². The maximum absolute atomic E-state index is 6.82. The van der Waals surface area contributed by atoms with Crippen molar-refractivity contribution >= 4 is 17.0 Å². The van der Waals surface area contributed by atoms with Crippen LogP contribution in [0.4, 0.5) is 0 Å². The lowest BCUT2D eigenvalue weighted by Crippen LogP contribution is -2.57. The predicted octanol–water partition coefficient (Wildman–Crippen LogP) is 10.2. The van der Waals surface area contributed by atoms with Gasteiger partial charge in [-0.1, -0.05) is 150 Å². The van der Waals surface area contributed by atoms with Crippen LogP contribution in [0.2, 0.25) is 0 Å². The van der Waals surface area contributed by atoms with Crippen LogP contribution in [0.15, 0.2) is 0 Å². The highest BCUT2D eigenvalue weighted by atomic mass is 79.9. The maximum Gasteiger partial charge on any atom is 0.230 e. The summed E-state index contributed by atoms with van der Waals surface area (Å²) in [6.07, 6.45) is 29.5. The highest BCUT2D eigenvalue weighted by Gasteiger charge is 2.43. The fourth-order valence-electron chi connectivity index (χ4n) is 4.94. The lowest BCUT2D eigenvalue weighted by atomic mass is 9.83. The Morgan fingerprint density at radius 2 is 0.811 bits per heavy atom. The summed E-state index contributed by atoms with van der Waals surface area (Å²) in [5.41, 5.74) is 12.3. The van der Waals surface area contributed by atoms with Gasteiger partial charge in [-0.25, -0.2) is 0 Å².